The zero-order valence-corrected chi connectivity index (χ0v) is 21.5. The van der Waals surface area contributed by atoms with Crippen LogP contribution in [0.1, 0.15) is 50.7 Å². The maximum atomic E-state index is 12.6. The third-order valence-electron chi connectivity index (χ3n) is 6.63. The predicted octanol–water partition coefficient (Wildman–Crippen LogP) is 6.47. The number of nitrogens with zero attached hydrogens (tertiary/aromatic N) is 1. The number of ether oxygens (including phenoxy) is 2. The van der Waals surface area contributed by atoms with Crippen molar-refractivity contribution in [1.82, 2.24) is 5.43 Å². The molecule has 2 aliphatic rings. The molecular weight excluding hydrogens is 536 g/mol. The number of carbonyl (C=O) groups is 1. The van der Waals surface area contributed by atoms with Crippen LogP contribution < -0.4 is 14.9 Å². The van der Waals surface area contributed by atoms with E-state index in [1.807, 2.05) is 43.3 Å². The van der Waals surface area contributed by atoms with Gasteiger partial charge in [0.1, 0.15) is 6.61 Å². The molecule has 2 aromatic rings. The number of carbonyl (C=O) groups excluding carboxylic acids is 1. The molecule has 1 amide bonds. The summed E-state index contributed by atoms with van der Waals surface area (Å²) in [6.07, 6.45) is 6.41. The van der Waals surface area contributed by atoms with E-state index in [0.29, 0.717) is 30.6 Å². The molecule has 0 bridgehead atoms. The minimum Gasteiger partial charge on any atom is -0.490 e. The number of hydrogen-bond acceptors (Lipinski definition) is 4. The number of hydrogen-bond donors (Lipinski definition) is 1. The zero-order chi connectivity index (χ0) is 22.7. The molecule has 5 nitrogen and oxygen atoms in total. The molecular formula is C25H28Br2N2O3. The highest BCUT2D eigenvalue weighted by molar-refractivity contribution is 9.10. The number of hydrazone groups is 1. The Hall–Kier alpha value is -1.86. The fourth-order valence-corrected chi connectivity index (χ4v) is 5.73. The predicted molar refractivity (Wildman–Crippen MR) is 133 cm³/mol. The minimum absolute atomic E-state index is 0.0363. The van der Waals surface area contributed by atoms with Crippen molar-refractivity contribution < 1.29 is 14.3 Å². The summed E-state index contributed by atoms with van der Waals surface area (Å²) in [6.45, 7) is 5.11. The molecule has 0 saturated heterocycles. The molecule has 0 heterocycles. The van der Waals surface area contributed by atoms with Gasteiger partial charge in [-0.25, -0.2) is 5.43 Å². The summed E-state index contributed by atoms with van der Waals surface area (Å²) in [5.41, 5.74) is 4.80. The lowest BCUT2D eigenvalue weighted by Crippen LogP contribution is -2.22. The zero-order valence-electron chi connectivity index (χ0n) is 18.4. The molecule has 2 saturated carbocycles. The van der Waals surface area contributed by atoms with E-state index in [4.69, 9.17) is 9.47 Å². The van der Waals surface area contributed by atoms with Crippen molar-refractivity contribution in [3.8, 4) is 11.5 Å². The first-order valence-electron chi connectivity index (χ1n) is 11.1. The first-order valence-corrected chi connectivity index (χ1v) is 12.7. The average molecular weight is 564 g/mol. The first-order chi connectivity index (χ1) is 15.4. The summed E-state index contributed by atoms with van der Waals surface area (Å²) in [5, 5.41) is 4.22. The molecule has 2 fully saturated rings. The summed E-state index contributed by atoms with van der Waals surface area (Å²) in [7, 11) is 0. The van der Waals surface area contributed by atoms with E-state index < -0.39 is 0 Å². The lowest BCUT2D eigenvalue weighted by Gasteiger charge is -2.15. The Bertz CT molecular complexity index is 1010. The van der Waals surface area contributed by atoms with Gasteiger partial charge in [0.25, 0.3) is 0 Å². The topological polar surface area (TPSA) is 59.9 Å². The average Bonchev–Trinajstić information content (AvgIpc) is 3.40. The van der Waals surface area contributed by atoms with Crippen LogP contribution in [0.2, 0.25) is 0 Å². The second-order valence-electron chi connectivity index (χ2n) is 8.75. The van der Waals surface area contributed by atoms with E-state index in [0.717, 1.165) is 32.9 Å². The van der Waals surface area contributed by atoms with Gasteiger partial charge in [-0.2, -0.15) is 5.10 Å². The molecule has 2 aromatic carbocycles. The second-order valence-corrected chi connectivity index (χ2v) is 10.5. The SMILES string of the molecule is CCOc1cc(/C=N\NC(=O)[C@@H]2[C@H]3CCCC[C@]32C)cc(Br)c1OCc1ccc(Br)cc1. The van der Waals surface area contributed by atoms with Crippen LogP contribution in [-0.4, -0.2) is 18.7 Å². The lowest BCUT2D eigenvalue weighted by molar-refractivity contribution is -0.123. The van der Waals surface area contributed by atoms with Crippen molar-refractivity contribution in [3.63, 3.8) is 0 Å². The van der Waals surface area contributed by atoms with Gasteiger partial charge >= 0.3 is 0 Å². The van der Waals surface area contributed by atoms with Gasteiger partial charge in [0.2, 0.25) is 5.91 Å². The van der Waals surface area contributed by atoms with Gasteiger partial charge < -0.3 is 9.47 Å². The number of benzene rings is 2. The van der Waals surface area contributed by atoms with Crippen molar-refractivity contribution in [2.45, 2.75) is 46.1 Å². The minimum atomic E-state index is 0.0363. The van der Waals surface area contributed by atoms with Crippen LogP contribution in [0.25, 0.3) is 0 Å². The van der Waals surface area contributed by atoms with E-state index in [2.05, 4.69) is 49.3 Å². The van der Waals surface area contributed by atoms with Crippen LogP contribution in [-0.2, 0) is 11.4 Å². The molecule has 0 aliphatic heterocycles. The van der Waals surface area contributed by atoms with E-state index in [-0.39, 0.29) is 17.2 Å². The van der Waals surface area contributed by atoms with Crippen molar-refractivity contribution in [2.75, 3.05) is 6.61 Å². The first kappa shape index (κ1) is 23.3. The van der Waals surface area contributed by atoms with Crippen molar-refractivity contribution in [3.05, 3.63) is 56.5 Å². The van der Waals surface area contributed by atoms with Crippen LogP contribution in [0, 0.1) is 17.3 Å². The molecule has 1 N–H and O–H groups in total. The smallest absolute Gasteiger partial charge is 0.244 e. The largest absolute Gasteiger partial charge is 0.490 e. The molecule has 3 atom stereocenters. The summed E-state index contributed by atoms with van der Waals surface area (Å²) >= 11 is 7.04. The molecule has 0 radical (unpaired) electrons. The Morgan fingerprint density at radius 2 is 2.00 bits per heavy atom. The second kappa shape index (κ2) is 9.96. The Balaban J connectivity index is 1.41. The van der Waals surface area contributed by atoms with Gasteiger partial charge in [-0.15, -0.1) is 0 Å². The highest BCUT2D eigenvalue weighted by Gasteiger charge is 2.64. The Kier molecular flexibility index (Phi) is 7.25. The molecule has 4 rings (SSSR count). The fraction of sp³-hybridized carbons (Fsp3) is 0.440. The third kappa shape index (κ3) is 5.04. The molecule has 0 unspecified atom stereocenters. The molecule has 0 aromatic heterocycles. The Morgan fingerprint density at radius 1 is 1.22 bits per heavy atom. The summed E-state index contributed by atoms with van der Waals surface area (Å²) < 4.78 is 13.7. The molecule has 7 heteroatoms. The van der Waals surface area contributed by atoms with Crippen LogP contribution >= 0.6 is 31.9 Å². The Labute approximate surface area is 206 Å². The quantitative estimate of drug-likeness (QED) is 0.296. The third-order valence-corrected chi connectivity index (χ3v) is 7.75. The summed E-state index contributed by atoms with van der Waals surface area (Å²) in [4.78, 5) is 12.6. The molecule has 32 heavy (non-hydrogen) atoms. The maximum Gasteiger partial charge on any atom is 0.244 e. The van der Waals surface area contributed by atoms with Crippen molar-refractivity contribution in [2.24, 2.45) is 22.4 Å². The van der Waals surface area contributed by atoms with Crippen LogP contribution in [0.5, 0.6) is 11.5 Å². The summed E-state index contributed by atoms with van der Waals surface area (Å²) in [5.74, 6) is 1.93. The Morgan fingerprint density at radius 3 is 2.69 bits per heavy atom. The van der Waals surface area contributed by atoms with E-state index in [1.54, 1.807) is 6.21 Å². The van der Waals surface area contributed by atoms with E-state index in [9.17, 15) is 4.79 Å². The molecule has 0 spiro atoms. The van der Waals surface area contributed by atoms with Crippen LogP contribution in [0.3, 0.4) is 0 Å². The van der Waals surface area contributed by atoms with Crippen LogP contribution in [0.4, 0.5) is 0 Å². The number of halogens is 2. The van der Waals surface area contributed by atoms with Crippen LogP contribution in [0.15, 0.2) is 50.4 Å². The number of nitrogens with one attached hydrogen (secondary N) is 1. The lowest BCUT2D eigenvalue weighted by atomic mass is 9.90. The summed E-state index contributed by atoms with van der Waals surface area (Å²) in [6, 6.07) is 11.8. The maximum absolute atomic E-state index is 12.6. The number of amides is 1. The van der Waals surface area contributed by atoms with Gasteiger partial charge in [-0.1, -0.05) is 47.8 Å². The molecule has 170 valence electrons. The van der Waals surface area contributed by atoms with Crippen molar-refractivity contribution >= 4 is 44.0 Å². The van der Waals surface area contributed by atoms with Gasteiger partial charge in [-0.05, 0) is 82.4 Å². The van der Waals surface area contributed by atoms with E-state index >= 15 is 0 Å². The highest BCUT2D eigenvalue weighted by Crippen LogP contribution is 2.66. The fourth-order valence-electron chi connectivity index (χ4n) is 4.89. The van der Waals surface area contributed by atoms with Gasteiger partial charge in [-0.3, -0.25) is 4.79 Å². The number of rotatable bonds is 8. The van der Waals surface area contributed by atoms with Gasteiger partial charge in [0.05, 0.1) is 17.3 Å². The van der Waals surface area contributed by atoms with E-state index in [1.165, 1.54) is 12.8 Å². The standard InChI is InChI=1S/C25H28Br2N2O3/c1-3-31-21-13-17(12-20(27)23(21)32-15-16-7-9-18(26)10-8-16)14-28-29-24(30)22-19-6-4-5-11-25(19,22)2/h7-10,12-14,19,22H,3-6,11,15H2,1-2H3,(H,29,30)/b28-14-/t19-,22+,25-/m1/s1. The monoisotopic (exact) mass is 562 g/mol. The highest BCUT2D eigenvalue weighted by atomic mass is 79.9. The van der Waals surface area contributed by atoms with Crippen molar-refractivity contribution in [1.29, 1.82) is 0 Å². The van der Waals surface area contributed by atoms with Gasteiger partial charge in [0, 0.05) is 10.4 Å². The normalized spacial score (nSPS) is 24.1. The molecule has 2 aliphatic carbocycles. The van der Waals surface area contributed by atoms with Gasteiger partial charge in [0.15, 0.2) is 11.5 Å². The number of fused-ring (bicyclic) bond motifs is 1.